The smallest absolute Gasteiger partial charge is 0.337 e. The molecule has 0 bridgehead atoms. The van der Waals surface area contributed by atoms with Gasteiger partial charge in [0.05, 0.1) is 23.5 Å². The average Bonchev–Trinajstić information content (AvgIpc) is 2.70. The number of aromatic nitrogens is 1. The number of carboxylic acids is 1. The lowest BCUT2D eigenvalue weighted by atomic mass is 10.1. The second-order valence-corrected chi connectivity index (χ2v) is 4.70. The largest absolute Gasteiger partial charge is 0.478 e. The minimum absolute atomic E-state index is 0.0368. The minimum atomic E-state index is -1.07. The topological polar surface area (TPSA) is 101 Å². The van der Waals surface area contributed by atoms with Gasteiger partial charge in [0, 0.05) is 5.56 Å². The Morgan fingerprint density at radius 3 is 2.70 bits per heavy atom. The van der Waals surface area contributed by atoms with Gasteiger partial charge in [0.1, 0.15) is 17.3 Å². The molecule has 106 valence electrons. The molecule has 2 aromatic rings. The van der Waals surface area contributed by atoms with Gasteiger partial charge in [-0.05, 0) is 32.9 Å². The first-order chi connectivity index (χ1) is 9.38. The van der Waals surface area contributed by atoms with Gasteiger partial charge in [-0.25, -0.2) is 9.78 Å². The molecule has 6 nitrogen and oxygen atoms in total. The van der Waals surface area contributed by atoms with Crippen molar-refractivity contribution in [3.05, 3.63) is 41.0 Å². The zero-order valence-electron chi connectivity index (χ0n) is 11.6. The van der Waals surface area contributed by atoms with E-state index in [9.17, 15) is 4.79 Å². The van der Waals surface area contributed by atoms with E-state index in [0.717, 1.165) is 17.1 Å². The van der Waals surface area contributed by atoms with Crippen LogP contribution in [0.5, 0.6) is 0 Å². The number of aryl methyl sites for hydroxylation is 2. The molecule has 4 N–H and O–H groups in total. The molecular weight excluding hydrogens is 258 g/mol. The lowest BCUT2D eigenvalue weighted by Crippen LogP contribution is -2.10. The van der Waals surface area contributed by atoms with Gasteiger partial charge in [-0.2, -0.15) is 0 Å². The second kappa shape index (κ2) is 5.24. The molecule has 1 unspecified atom stereocenters. The van der Waals surface area contributed by atoms with Crippen LogP contribution in [0, 0.1) is 13.8 Å². The molecule has 0 spiro atoms. The maximum atomic E-state index is 11.0. The van der Waals surface area contributed by atoms with Crippen LogP contribution in [0.15, 0.2) is 22.7 Å². The molecule has 2 rings (SSSR count). The highest BCUT2D eigenvalue weighted by Gasteiger charge is 2.15. The SMILES string of the molecule is Cc1cc(C(C)Nc2cc(C(=O)O)c(N)cn2)c(C)o1. The first-order valence-electron chi connectivity index (χ1n) is 6.20. The molecule has 0 radical (unpaired) electrons. The van der Waals surface area contributed by atoms with Gasteiger partial charge < -0.3 is 20.6 Å². The van der Waals surface area contributed by atoms with Crippen LogP contribution in [0.2, 0.25) is 0 Å². The van der Waals surface area contributed by atoms with Crippen molar-refractivity contribution >= 4 is 17.5 Å². The number of nitrogen functional groups attached to an aromatic ring is 1. The highest BCUT2D eigenvalue weighted by atomic mass is 16.4. The third-order valence-electron chi connectivity index (χ3n) is 3.08. The maximum Gasteiger partial charge on any atom is 0.337 e. The van der Waals surface area contributed by atoms with Gasteiger partial charge in [0.2, 0.25) is 0 Å². The Bertz CT molecular complexity index is 649. The number of hydrogen-bond acceptors (Lipinski definition) is 5. The van der Waals surface area contributed by atoms with Crippen LogP contribution in [-0.4, -0.2) is 16.1 Å². The number of nitrogens with zero attached hydrogens (tertiary/aromatic N) is 1. The minimum Gasteiger partial charge on any atom is -0.478 e. The third kappa shape index (κ3) is 2.74. The average molecular weight is 275 g/mol. The molecular formula is C14H17N3O3. The van der Waals surface area contributed by atoms with E-state index in [0.29, 0.717) is 5.82 Å². The fourth-order valence-corrected chi connectivity index (χ4v) is 2.11. The van der Waals surface area contributed by atoms with Crippen molar-refractivity contribution in [3.63, 3.8) is 0 Å². The third-order valence-corrected chi connectivity index (χ3v) is 3.08. The number of rotatable bonds is 4. The summed E-state index contributed by atoms with van der Waals surface area (Å²) in [6.45, 7) is 5.72. The van der Waals surface area contributed by atoms with E-state index in [1.807, 2.05) is 26.8 Å². The quantitative estimate of drug-likeness (QED) is 0.793. The molecule has 20 heavy (non-hydrogen) atoms. The second-order valence-electron chi connectivity index (χ2n) is 4.70. The lowest BCUT2D eigenvalue weighted by molar-refractivity contribution is 0.0698. The van der Waals surface area contributed by atoms with E-state index >= 15 is 0 Å². The van der Waals surface area contributed by atoms with Crippen molar-refractivity contribution in [3.8, 4) is 0 Å². The van der Waals surface area contributed by atoms with Crippen molar-refractivity contribution < 1.29 is 14.3 Å². The zero-order chi connectivity index (χ0) is 14.9. The van der Waals surface area contributed by atoms with Crippen LogP contribution in [0.3, 0.4) is 0 Å². The summed E-state index contributed by atoms with van der Waals surface area (Å²) in [5.41, 5.74) is 6.77. The number of furan rings is 1. The number of aromatic carboxylic acids is 1. The van der Waals surface area contributed by atoms with Crippen molar-refractivity contribution in [2.75, 3.05) is 11.1 Å². The summed E-state index contributed by atoms with van der Waals surface area (Å²) >= 11 is 0. The fraction of sp³-hybridized carbons (Fsp3) is 0.286. The summed E-state index contributed by atoms with van der Waals surface area (Å²) in [4.78, 5) is 15.1. The molecule has 0 fully saturated rings. The summed E-state index contributed by atoms with van der Waals surface area (Å²) in [5, 5.41) is 12.2. The Morgan fingerprint density at radius 2 is 2.15 bits per heavy atom. The van der Waals surface area contributed by atoms with Crippen LogP contribution in [-0.2, 0) is 0 Å². The molecule has 0 saturated carbocycles. The van der Waals surface area contributed by atoms with E-state index in [-0.39, 0.29) is 17.3 Å². The normalized spacial score (nSPS) is 12.2. The summed E-state index contributed by atoms with van der Waals surface area (Å²) in [7, 11) is 0. The number of pyridine rings is 1. The molecule has 0 aromatic carbocycles. The van der Waals surface area contributed by atoms with Crippen molar-refractivity contribution in [1.82, 2.24) is 4.98 Å². The Kier molecular flexibility index (Phi) is 3.65. The van der Waals surface area contributed by atoms with Gasteiger partial charge in [-0.1, -0.05) is 0 Å². The van der Waals surface area contributed by atoms with Crippen molar-refractivity contribution in [1.29, 1.82) is 0 Å². The molecule has 0 saturated heterocycles. The predicted octanol–water partition coefficient (Wildman–Crippen LogP) is 2.74. The van der Waals surface area contributed by atoms with Gasteiger partial charge in [0.15, 0.2) is 0 Å². The zero-order valence-corrected chi connectivity index (χ0v) is 11.6. The molecule has 2 heterocycles. The number of carbonyl (C=O) groups is 1. The first-order valence-corrected chi connectivity index (χ1v) is 6.20. The highest BCUT2D eigenvalue weighted by Crippen LogP contribution is 2.25. The molecule has 0 amide bonds. The number of carboxylic acid groups (broad SMARTS) is 1. The standard InChI is InChI=1S/C14H17N3O3/c1-7-4-10(9(3)20-7)8(2)17-13-5-11(14(18)19)12(15)6-16-13/h4-6,8H,15H2,1-3H3,(H,16,17)(H,18,19). The molecule has 2 aromatic heterocycles. The Labute approximate surface area is 116 Å². The van der Waals surface area contributed by atoms with E-state index in [4.69, 9.17) is 15.3 Å². The Hall–Kier alpha value is -2.50. The summed E-state index contributed by atoms with van der Waals surface area (Å²) in [6.07, 6.45) is 1.34. The summed E-state index contributed by atoms with van der Waals surface area (Å²) in [5.74, 6) is 1.05. The number of hydrogen-bond donors (Lipinski definition) is 3. The van der Waals surface area contributed by atoms with E-state index < -0.39 is 5.97 Å². The van der Waals surface area contributed by atoms with Crippen LogP contribution < -0.4 is 11.1 Å². The molecule has 0 aliphatic rings. The van der Waals surface area contributed by atoms with Gasteiger partial charge in [0.25, 0.3) is 0 Å². The van der Waals surface area contributed by atoms with Gasteiger partial charge in [-0.3, -0.25) is 0 Å². The van der Waals surface area contributed by atoms with Crippen molar-refractivity contribution in [2.24, 2.45) is 0 Å². The van der Waals surface area contributed by atoms with Crippen LogP contribution in [0.4, 0.5) is 11.5 Å². The van der Waals surface area contributed by atoms with Crippen molar-refractivity contribution in [2.45, 2.75) is 26.8 Å². The van der Waals surface area contributed by atoms with Gasteiger partial charge >= 0.3 is 5.97 Å². The van der Waals surface area contributed by atoms with E-state index in [1.165, 1.54) is 12.3 Å². The molecule has 1 atom stereocenters. The van der Waals surface area contributed by atoms with Crippen LogP contribution >= 0.6 is 0 Å². The number of nitrogens with one attached hydrogen (secondary N) is 1. The van der Waals surface area contributed by atoms with E-state index in [2.05, 4.69) is 10.3 Å². The number of anilines is 2. The first kappa shape index (κ1) is 13.9. The number of nitrogens with two attached hydrogens (primary N) is 1. The summed E-state index contributed by atoms with van der Waals surface area (Å²) in [6, 6.07) is 3.32. The molecule has 6 heteroatoms. The monoisotopic (exact) mass is 275 g/mol. The predicted molar refractivity (Wildman–Crippen MR) is 75.8 cm³/mol. The van der Waals surface area contributed by atoms with Gasteiger partial charge in [-0.15, -0.1) is 0 Å². The van der Waals surface area contributed by atoms with E-state index in [1.54, 1.807) is 0 Å². The van der Waals surface area contributed by atoms with Crippen LogP contribution in [0.1, 0.15) is 40.4 Å². The lowest BCUT2D eigenvalue weighted by Gasteiger charge is -2.14. The highest BCUT2D eigenvalue weighted by molar-refractivity contribution is 5.94. The maximum absolute atomic E-state index is 11.0. The molecule has 0 aliphatic heterocycles. The Balaban J connectivity index is 2.24. The Morgan fingerprint density at radius 1 is 1.45 bits per heavy atom. The fourth-order valence-electron chi connectivity index (χ4n) is 2.11. The van der Waals surface area contributed by atoms with Crippen LogP contribution in [0.25, 0.3) is 0 Å². The summed E-state index contributed by atoms with van der Waals surface area (Å²) < 4.78 is 5.48. The molecule has 0 aliphatic carbocycles.